The fourth-order valence-corrected chi connectivity index (χ4v) is 0.0676. The summed E-state index contributed by atoms with van der Waals surface area (Å²) in [5, 5.41) is 15.3. The number of carboxylic acid groups (broad SMARTS) is 1. The van der Waals surface area contributed by atoms with Gasteiger partial charge in [-0.15, -0.1) is 0 Å². The van der Waals surface area contributed by atoms with Gasteiger partial charge in [0.05, 0.1) is 0 Å². The van der Waals surface area contributed by atoms with Crippen LogP contribution in [0.1, 0.15) is 0 Å². The van der Waals surface area contributed by atoms with Gasteiger partial charge < -0.3 is 10.3 Å². The molecule has 0 aliphatic rings. The van der Waals surface area contributed by atoms with E-state index in [9.17, 15) is 4.79 Å². The molecule has 0 aliphatic heterocycles. The van der Waals surface area contributed by atoms with Crippen molar-refractivity contribution in [2.24, 2.45) is 0 Å². The van der Waals surface area contributed by atoms with Crippen LogP contribution in [-0.2, 0) is 31.0 Å². The fraction of sp³-hybridized carbons (Fsp3) is 0.500. The summed E-state index contributed by atoms with van der Waals surface area (Å²) in [6, 6.07) is 0. The van der Waals surface area contributed by atoms with Crippen molar-refractivity contribution in [2.45, 2.75) is 0 Å². The van der Waals surface area contributed by atoms with Crippen molar-refractivity contribution >= 4 is 23.3 Å². The molecule has 0 spiro atoms. The molecule has 0 saturated carbocycles. The summed E-state index contributed by atoms with van der Waals surface area (Å²) in [7, 11) is 0. The first-order valence-electron chi connectivity index (χ1n) is 1.36. The normalized spacial score (nSPS) is 6.12. The Morgan fingerprint density at radius 2 is 2.00 bits per heavy atom. The molecule has 0 fully saturated rings. The van der Waals surface area contributed by atoms with E-state index in [1.54, 1.807) is 0 Å². The third-order valence-electron chi connectivity index (χ3n) is 0.230. The third-order valence-corrected chi connectivity index (χ3v) is 0.230. The van der Waals surface area contributed by atoms with Gasteiger partial charge in [0.15, 0.2) is 17.4 Å². The van der Waals surface area contributed by atoms with E-state index < -0.39 is 12.5 Å². The van der Waals surface area contributed by atoms with Crippen LogP contribution in [0.4, 0.5) is 0 Å². The van der Waals surface area contributed by atoms with Crippen LogP contribution in [0.5, 0.6) is 0 Å². The first-order chi connectivity index (χ1) is 2.77. The molecule has 46 valence electrons. The molecule has 0 atom stereocenters. The Bertz CT molecular complexity index is 61.2. The van der Waals surface area contributed by atoms with Gasteiger partial charge in [0.2, 0.25) is 0 Å². The zero-order valence-electron chi connectivity index (χ0n) is 3.51. The quantitative estimate of drug-likeness (QED) is 0.361. The summed E-state index contributed by atoms with van der Waals surface area (Å²) in [6.07, 6.45) is 0. The maximum Gasteiger partial charge on any atom is 0.319 e. The molecule has 0 aromatic rings. The summed E-state index contributed by atoms with van der Waals surface area (Å²) >= 11 is 0. The average Bonchev–Trinajstić information content (AvgIpc) is 1.35. The van der Waals surface area contributed by atoms with Gasteiger partial charge in [-0.3, -0.25) is 4.79 Å². The van der Waals surface area contributed by atoms with Crippen LogP contribution in [0, 0.1) is 0 Å². The van der Waals surface area contributed by atoms with Gasteiger partial charge in [0.1, 0.15) is 6.54 Å². The second kappa shape index (κ2) is 10.7. The monoisotopic (exact) mass is 211 g/mol. The standard InChI is InChI=1S/C2H5NO3.Al.Zr.3H/c4-2(5)1-3-6;;;;;/h3,6H,1H2,(H,4,5);;;;;. The van der Waals surface area contributed by atoms with E-state index in [4.69, 9.17) is 10.3 Å². The van der Waals surface area contributed by atoms with Crippen LogP contribution in [0.2, 0.25) is 0 Å². The summed E-state index contributed by atoms with van der Waals surface area (Å²) < 4.78 is 0. The zero-order chi connectivity index (χ0) is 4.99. The van der Waals surface area contributed by atoms with E-state index in [1.165, 1.54) is 5.48 Å². The maximum atomic E-state index is 9.38. The molecular formula is C2H8AlNO3Zr. The second-order valence-electron chi connectivity index (χ2n) is 0.729. The molecular weight excluding hydrogens is 204 g/mol. The maximum absolute atomic E-state index is 9.38. The zero-order valence-corrected chi connectivity index (χ0v) is 5.97. The summed E-state index contributed by atoms with van der Waals surface area (Å²) in [6.45, 7) is -0.403. The second-order valence-corrected chi connectivity index (χ2v) is 0.729. The van der Waals surface area contributed by atoms with Crippen molar-refractivity contribution in [2.75, 3.05) is 6.54 Å². The van der Waals surface area contributed by atoms with E-state index in [-0.39, 0.29) is 43.6 Å². The van der Waals surface area contributed by atoms with Gasteiger partial charge >= 0.3 is 5.97 Å². The molecule has 0 aromatic heterocycles. The third kappa shape index (κ3) is 15.8. The molecule has 0 unspecified atom stereocenters. The van der Waals surface area contributed by atoms with Gasteiger partial charge in [0, 0.05) is 26.2 Å². The van der Waals surface area contributed by atoms with E-state index in [1.807, 2.05) is 0 Å². The minimum absolute atomic E-state index is 0. The minimum atomic E-state index is -1.07. The number of carboxylic acids is 1. The number of rotatable bonds is 2. The Hall–Kier alpha value is 0.806. The Morgan fingerprint density at radius 1 is 1.62 bits per heavy atom. The predicted octanol–water partition coefficient (Wildman–Crippen LogP) is -2.14. The van der Waals surface area contributed by atoms with Gasteiger partial charge in [-0.1, -0.05) is 0 Å². The smallest absolute Gasteiger partial charge is 0.319 e. The largest absolute Gasteiger partial charge is 0.480 e. The van der Waals surface area contributed by atoms with Crippen molar-refractivity contribution in [3.8, 4) is 0 Å². The van der Waals surface area contributed by atoms with Gasteiger partial charge in [-0.2, -0.15) is 5.48 Å². The first kappa shape index (κ1) is 15.9. The molecule has 8 heavy (non-hydrogen) atoms. The van der Waals surface area contributed by atoms with Crippen LogP contribution in [-0.4, -0.2) is 40.2 Å². The van der Waals surface area contributed by atoms with Crippen LogP contribution in [0.25, 0.3) is 0 Å². The Morgan fingerprint density at radius 3 is 2.00 bits per heavy atom. The molecule has 4 nitrogen and oxygen atoms in total. The predicted molar refractivity (Wildman–Crippen MR) is 27.4 cm³/mol. The van der Waals surface area contributed by atoms with E-state index >= 15 is 0 Å². The van der Waals surface area contributed by atoms with Crippen LogP contribution in [0.15, 0.2) is 0 Å². The Kier molecular flexibility index (Phi) is 21.3. The van der Waals surface area contributed by atoms with E-state index in [0.717, 1.165) is 0 Å². The number of aliphatic carboxylic acids is 1. The minimum Gasteiger partial charge on any atom is -0.480 e. The molecule has 0 heterocycles. The van der Waals surface area contributed by atoms with Crippen molar-refractivity contribution in [3.05, 3.63) is 0 Å². The van der Waals surface area contributed by atoms with Crippen LogP contribution < -0.4 is 5.48 Å². The summed E-state index contributed by atoms with van der Waals surface area (Å²) in [4.78, 5) is 9.38. The van der Waals surface area contributed by atoms with Crippen molar-refractivity contribution in [3.63, 3.8) is 0 Å². The number of hydroxylamine groups is 1. The van der Waals surface area contributed by atoms with E-state index in [0.29, 0.717) is 0 Å². The first-order valence-corrected chi connectivity index (χ1v) is 1.36. The number of carbonyl (C=O) groups is 1. The average molecular weight is 212 g/mol. The summed E-state index contributed by atoms with van der Waals surface area (Å²) in [5.41, 5.74) is 1.47. The van der Waals surface area contributed by atoms with Gasteiger partial charge in [-0.25, -0.2) is 0 Å². The van der Waals surface area contributed by atoms with Crippen LogP contribution in [0.3, 0.4) is 0 Å². The molecule has 0 amide bonds. The molecule has 0 rings (SSSR count). The molecule has 3 N–H and O–H groups in total. The number of hydrogen-bond acceptors (Lipinski definition) is 3. The van der Waals surface area contributed by atoms with Crippen molar-refractivity contribution in [1.29, 1.82) is 0 Å². The van der Waals surface area contributed by atoms with Gasteiger partial charge in [0.25, 0.3) is 0 Å². The number of hydrogen-bond donors (Lipinski definition) is 3. The summed E-state index contributed by atoms with van der Waals surface area (Å²) in [5.74, 6) is -1.07. The molecule has 0 bridgehead atoms. The molecule has 6 heteroatoms. The Balaban J connectivity index is -0.000000125. The van der Waals surface area contributed by atoms with Crippen LogP contribution >= 0.6 is 0 Å². The Labute approximate surface area is 76.5 Å². The van der Waals surface area contributed by atoms with Gasteiger partial charge in [-0.05, 0) is 0 Å². The van der Waals surface area contributed by atoms with Crippen molar-refractivity contribution < 1.29 is 41.3 Å². The molecule has 0 radical (unpaired) electrons. The number of nitrogens with one attached hydrogen (secondary N) is 1. The SMILES string of the molecule is O=C(O)CNO.[AlH3].[Zr]. The van der Waals surface area contributed by atoms with Crippen molar-refractivity contribution in [1.82, 2.24) is 5.48 Å². The van der Waals surface area contributed by atoms with E-state index in [2.05, 4.69) is 0 Å². The molecule has 0 saturated heterocycles. The molecule has 0 aromatic carbocycles. The topological polar surface area (TPSA) is 69.6 Å². The fourth-order valence-electron chi connectivity index (χ4n) is 0.0676. The molecule has 0 aliphatic carbocycles.